The van der Waals surface area contributed by atoms with Crippen LogP contribution in [0.1, 0.15) is 18.9 Å². The zero-order chi connectivity index (χ0) is 10.4. The molecule has 0 aliphatic rings. The van der Waals surface area contributed by atoms with Gasteiger partial charge < -0.3 is 0 Å². The number of carbonyl (C=O) groups excluding carboxylic acids is 1. The predicted molar refractivity (Wildman–Crippen MR) is 59.9 cm³/mol. The fourth-order valence-corrected chi connectivity index (χ4v) is 1.27. The molecule has 1 rings (SSSR count). The Labute approximate surface area is 84.8 Å². The predicted octanol–water partition coefficient (Wildman–Crippen LogP) is 3.24. The van der Waals surface area contributed by atoms with Crippen LogP contribution in [0, 0.1) is 0 Å². The van der Waals surface area contributed by atoms with Gasteiger partial charge in [-0.05, 0) is 29.7 Å². The highest BCUT2D eigenvalue weighted by Crippen LogP contribution is 2.17. The molecule has 0 spiro atoms. The van der Waals surface area contributed by atoms with Gasteiger partial charge in [0.15, 0.2) is 5.78 Å². The first-order valence-corrected chi connectivity index (χ1v) is 4.70. The van der Waals surface area contributed by atoms with E-state index in [0.717, 1.165) is 17.6 Å². The van der Waals surface area contributed by atoms with Gasteiger partial charge >= 0.3 is 0 Å². The van der Waals surface area contributed by atoms with E-state index >= 15 is 0 Å². The van der Waals surface area contributed by atoms with Crippen LogP contribution in [0.15, 0.2) is 49.1 Å². The molecule has 0 aliphatic heterocycles. The quantitative estimate of drug-likeness (QED) is 0.660. The van der Waals surface area contributed by atoms with Crippen molar-refractivity contribution in [1.82, 2.24) is 0 Å². The molecule has 0 N–H and O–H groups in total. The Bertz CT molecular complexity index is 347. The monoisotopic (exact) mass is 186 g/mol. The molecule has 0 heterocycles. The molecule has 0 fully saturated rings. The van der Waals surface area contributed by atoms with Gasteiger partial charge in [-0.1, -0.05) is 43.8 Å². The topological polar surface area (TPSA) is 17.1 Å². The number of hydrogen-bond donors (Lipinski definition) is 0. The van der Waals surface area contributed by atoms with E-state index in [1.54, 1.807) is 6.08 Å². The van der Waals surface area contributed by atoms with E-state index in [1.807, 2.05) is 37.3 Å². The maximum absolute atomic E-state index is 11.2. The Hall–Kier alpha value is -1.63. The highest BCUT2D eigenvalue weighted by atomic mass is 16.1. The van der Waals surface area contributed by atoms with Crippen LogP contribution in [0.5, 0.6) is 0 Å². The van der Waals surface area contributed by atoms with Crippen LogP contribution in [-0.4, -0.2) is 5.78 Å². The second-order valence-electron chi connectivity index (χ2n) is 3.00. The zero-order valence-electron chi connectivity index (χ0n) is 8.36. The number of hydrogen-bond acceptors (Lipinski definition) is 1. The molecular formula is C13H14O. The molecule has 0 bridgehead atoms. The highest BCUT2D eigenvalue weighted by Gasteiger charge is 1.99. The van der Waals surface area contributed by atoms with E-state index in [0.29, 0.717) is 0 Å². The van der Waals surface area contributed by atoms with E-state index in [2.05, 4.69) is 6.58 Å². The number of benzene rings is 1. The van der Waals surface area contributed by atoms with E-state index in [1.165, 1.54) is 6.08 Å². The van der Waals surface area contributed by atoms with Crippen molar-refractivity contribution in [1.29, 1.82) is 0 Å². The lowest BCUT2D eigenvalue weighted by Gasteiger charge is -2.02. The first-order chi connectivity index (χ1) is 6.77. The van der Waals surface area contributed by atoms with E-state index in [4.69, 9.17) is 0 Å². The average Bonchev–Trinajstić information content (AvgIpc) is 2.26. The number of ketones is 1. The van der Waals surface area contributed by atoms with Crippen LogP contribution < -0.4 is 0 Å². The standard InChI is InChI=1S/C13H14O/c1-3-11(10-13(14)4-2)12-8-6-5-7-9-12/h4-10H,2-3H2,1H3/b11-10-. The summed E-state index contributed by atoms with van der Waals surface area (Å²) in [6, 6.07) is 9.91. The number of carbonyl (C=O) groups is 1. The third kappa shape index (κ3) is 2.70. The largest absolute Gasteiger partial charge is 0.290 e. The van der Waals surface area contributed by atoms with Gasteiger partial charge in [0.2, 0.25) is 0 Å². The van der Waals surface area contributed by atoms with E-state index < -0.39 is 0 Å². The second-order valence-corrected chi connectivity index (χ2v) is 3.00. The maximum atomic E-state index is 11.2. The minimum atomic E-state index is -0.0364. The second kappa shape index (κ2) is 5.18. The maximum Gasteiger partial charge on any atom is 0.178 e. The molecule has 0 saturated heterocycles. The third-order valence-corrected chi connectivity index (χ3v) is 2.04. The van der Waals surface area contributed by atoms with Gasteiger partial charge in [0, 0.05) is 0 Å². The fraction of sp³-hybridized carbons (Fsp3) is 0.154. The summed E-state index contributed by atoms with van der Waals surface area (Å²) in [4.78, 5) is 11.2. The molecular weight excluding hydrogens is 172 g/mol. The normalized spacial score (nSPS) is 11.1. The molecule has 0 radical (unpaired) electrons. The molecule has 14 heavy (non-hydrogen) atoms. The molecule has 0 unspecified atom stereocenters. The van der Waals surface area contributed by atoms with Crippen LogP contribution in [-0.2, 0) is 4.79 Å². The van der Waals surface area contributed by atoms with Gasteiger partial charge in [-0.15, -0.1) is 0 Å². The van der Waals surface area contributed by atoms with Gasteiger partial charge in [0.25, 0.3) is 0 Å². The lowest BCUT2D eigenvalue weighted by atomic mass is 10.0. The summed E-state index contributed by atoms with van der Waals surface area (Å²) in [6.07, 6.45) is 3.82. The van der Waals surface area contributed by atoms with Crippen LogP contribution in [0.2, 0.25) is 0 Å². The lowest BCUT2D eigenvalue weighted by molar-refractivity contribution is -0.110. The Morgan fingerprint density at radius 3 is 2.50 bits per heavy atom. The molecule has 1 aromatic carbocycles. The van der Waals surface area contributed by atoms with Gasteiger partial charge in [0.05, 0.1) is 0 Å². The van der Waals surface area contributed by atoms with Crippen LogP contribution >= 0.6 is 0 Å². The summed E-state index contributed by atoms with van der Waals surface area (Å²) in [6.45, 7) is 5.48. The summed E-state index contributed by atoms with van der Waals surface area (Å²) < 4.78 is 0. The lowest BCUT2D eigenvalue weighted by Crippen LogP contribution is -1.89. The van der Waals surface area contributed by atoms with Crippen molar-refractivity contribution < 1.29 is 4.79 Å². The minimum Gasteiger partial charge on any atom is -0.290 e. The van der Waals surface area contributed by atoms with Crippen molar-refractivity contribution in [2.45, 2.75) is 13.3 Å². The number of allylic oxidation sites excluding steroid dienone is 3. The van der Waals surface area contributed by atoms with Crippen molar-refractivity contribution in [2.24, 2.45) is 0 Å². The Morgan fingerprint density at radius 1 is 1.36 bits per heavy atom. The van der Waals surface area contributed by atoms with Crippen molar-refractivity contribution in [3.63, 3.8) is 0 Å². The first-order valence-electron chi connectivity index (χ1n) is 4.70. The molecule has 0 atom stereocenters. The average molecular weight is 186 g/mol. The molecule has 0 amide bonds. The molecule has 1 nitrogen and oxygen atoms in total. The Morgan fingerprint density at radius 2 is 2.00 bits per heavy atom. The van der Waals surface area contributed by atoms with Gasteiger partial charge in [-0.2, -0.15) is 0 Å². The van der Waals surface area contributed by atoms with Crippen molar-refractivity contribution in [2.75, 3.05) is 0 Å². The van der Waals surface area contributed by atoms with Crippen LogP contribution in [0.4, 0.5) is 0 Å². The Kier molecular flexibility index (Phi) is 3.86. The van der Waals surface area contributed by atoms with Gasteiger partial charge in [-0.25, -0.2) is 0 Å². The SMILES string of the molecule is C=CC(=O)/C=C(/CC)c1ccccc1. The van der Waals surface area contributed by atoms with E-state index in [-0.39, 0.29) is 5.78 Å². The summed E-state index contributed by atoms with van der Waals surface area (Å²) in [5, 5.41) is 0. The number of rotatable bonds is 4. The Balaban J connectivity index is 2.99. The highest BCUT2D eigenvalue weighted by molar-refractivity contribution is 6.03. The van der Waals surface area contributed by atoms with Crippen molar-refractivity contribution >= 4 is 11.4 Å². The van der Waals surface area contributed by atoms with Crippen LogP contribution in [0.25, 0.3) is 5.57 Å². The molecule has 1 heteroatoms. The zero-order valence-corrected chi connectivity index (χ0v) is 8.36. The first kappa shape index (κ1) is 10.5. The molecule has 72 valence electrons. The summed E-state index contributed by atoms with van der Waals surface area (Å²) in [5.74, 6) is -0.0364. The molecule has 0 aromatic heterocycles. The summed E-state index contributed by atoms with van der Waals surface area (Å²) in [5.41, 5.74) is 2.15. The minimum absolute atomic E-state index is 0.0364. The smallest absolute Gasteiger partial charge is 0.178 e. The fourth-order valence-electron chi connectivity index (χ4n) is 1.27. The van der Waals surface area contributed by atoms with Gasteiger partial charge in [0.1, 0.15) is 0 Å². The van der Waals surface area contributed by atoms with E-state index in [9.17, 15) is 4.79 Å². The summed E-state index contributed by atoms with van der Waals surface area (Å²) in [7, 11) is 0. The van der Waals surface area contributed by atoms with Crippen molar-refractivity contribution in [3.05, 3.63) is 54.6 Å². The third-order valence-electron chi connectivity index (χ3n) is 2.04. The van der Waals surface area contributed by atoms with Crippen molar-refractivity contribution in [3.8, 4) is 0 Å². The van der Waals surface area contributed by atoms with Crippen LogP contribution in [0.3, 0.4) is 0 Å². The molecule has 0 aliphatic carbocycles. The van der Waals surface area contributed by atoms with Gasteiger partial charge in [-0.3, -0.25) is 4.79 Å². The molecule has 1 aromatic rings. The molecule has 0 saturated carbocycles. The summed E-state index contributed by atoms with van der Waals surface area (Å²) >= 11 is 0.